The van der Waals surface area contributed by atoms with Crippen LogP contribution in [0.3, 0.4) is 0 Å². The fourth-order valence-corrected chi connectivity index (χ4v) is 3.39. The molecule has 0 radical (unpaired) electrons. The van der Waals surface area contributed by atoms with E-state index in [-0.39, 0.29) is 5.41 Å². The molecule has 0 aliphatic heterocycles. The van der Waals surface area contributed by atoms with E-state index in [0.29, 0.717) is 11.8 Å². The Bertz CT molecular complexity index is 247. The number of amides is 1. The highest BCUT2D eigenvalue weighted by Gasteiger charge is 2.42. The van der Waals surface area contributed by atoms with Crippen LogP contribution in [-0.2, 0) is 4.79 Å². The van der Waals surface area contributed by atoms with Crippen LogP contribution >= 0.6 is 15.9 Å². The second-order valence-electron chi connectivity index (χ2n) is 5.85. The third kappa shape index (κ3) is 3.97. The maximum absolute atomic E-state index is 12.6. The van der Waals surface area contributed by atoms with Gasteiger partial charge in [0.2, 0.25) is 5.91 Å². The van der Waals surface area contributed by atoms with E-state index in [0.717, 1.165) is 37.6 Å². The number of nitrogens with zero attached hydrogens (tertiary/aromatic N) is 1. The lowest BCUT2D eigenvalue weighted by Gasteiger charge is -2.33. The van der Waals surface area contributed by atoms with Gasteiger partial charge in [-0.25, -0.2) is 0 Å². The number of hydrogen-bond donors (Lipinski definition) is 0. The van der Waals surface area contributed by atoms with Gasteiger partial charge in [-0.2, -0.15) is 0 Å². The van der Waals surface area contributed by atoms with Crippen molar-refractivity contribution in [2.75, 3.05) is 18.9 Å². The van der Waals surface area contributed by atoms with Gasteiger partial charge in [-0.3, -0.25) is 4.79 Å². The molecule has 2 nitrogen and oxygen atoms in total. The topological polar surface area (TPSA) is 20.3 Å². The summed E-state index contributed by atoms with van der Waals surface area (Å²) in [5.74, 6) is 1.01. The van der Waals surface area contributed by atoms with Crippen molar-refractivity contribution < 1.29 is 4.79 Å². The Balaban J connectivity index is 2.66. The van der Waals surface area contributed by atoms with Gasteiger partial charge in [-0.05, 0) is 31.6 Å². The first-order valence-electron chi connectivity index (χ1n) is 6.83. The largest absolute Gasteiger partial charge is 0.345 e. The first-order valence-corrected chi connectivity index (χ1v) is 7.95. The van der Waals surface area contributed by atoms with E-state index in [1.807, 2.05) is 11.9 Å². The smallest absolute Gasteiger partial charge is 0.228 e. The molecule has 0 unspecified atom stereocenters. The number of alkyl halides is 1. The predicted molar refractivity (Wildman–Crippen MR) is 76.4 cm³/mol. The molecule has 1 amide bonds. The molecule has 1 fully saturated rings. The summed E-state index contributed by atoms with van der Waals surface area (Å²) in [5, 5.41) is 0.974. The van der Waals surface area contributed by atoms with Crippen molar-refractivity contribution >= 4 is 21.8 Å². The first kappa shape index (κ1) is 15.0. The first-order chi connectivity index (χ1) is 8.02. The lowest BCUT2D eigenvalue weighted by Crippen LogP contribution is -2.41. The molecule has 0 heterocycles. The second-order valence-corrected chi connectivity index (χ2v) is 6.65. The maximum Gasteiger partial charge on any atom is 0.228 e. The van der Waals surface area contributed by atoms with Crippen LogP contribution in [0.2, 0.25) is 0 Å². The van der Waals surface area contributed by atoms with Gasteiger partial charge in [0.15, 0.2) is 0 Å². The van der Waals surface area contributed by atoms with Crippen LogP contribution in [0.5, 0.6) is 0 Å². The second kappa shape index (κ2) is 6.77. The van der Waals surface area contributed by atoms with E-state index in [2.05, 4.69) is 29.8 Å². The van der Waals surface area contributed by atoms with Crippen molar-refractivity contribution in [3.8, 4) is 0 Å². The summed E-state index contributed by atoms with van der Waals surface area (Å²) in [7, 11) is 1.96. The van der Waals surface area contributed by atoms with Crippen molar-refractivity contribution in [3.63, 3.8) is 0 Å². The van der Waals surface area contributed by atoms with E-state index < -0.39 is 0 Å². The molecule has 3 heteroatoms. The normalized spacial score (nSPS) is 18.6. The minimum absolute atomic E-state index is 0.0325. The minimum atomic E-state index is -0.0325. The number of hydrogen-bond acceptors (Lipinski definition) is 1. The van der Waals surface area contributed by atoms with Crippen LogP contribution in [0.4, 0.5) is 0 Å². The van der Waals surface area contributed by atoms with E-state index in [4.69, 9.17) is 0 Å². The molecule has 0 N–H and O–H groups in total. The molecule has 1 rings (SSSR count). The number of rotatable bonds is 6. The molecule has 100 valence electrons. The molecule has 1 aliphatic carbocycles. The molecule has 0 atom stereocenters. The van der Waals surface area contributed by atoms with E-state index >= 15 is 0 Å². The fraction of sp³-hybridized carbons (Fsp3) is 0.929. The highest BCUT2D eigenvalue weighted by Crippen LogP contribution is 2.44. The van der Waals surface area contributed by atoms with Crippen molar-refractivity contribution in [2.45, 2.75) is 52.4 Å². The van der Waals surface area contributed by atoms with Crippen molar-refractivity contribution in [2.24, 2.45) is 11.3 Å². The van der Waals surface area contributed by atoms with Gasteiger partial charge in [-0.1, -0.05) is 42.6 Å². The summed E-state index contributed by atoms with van der Waals surface area (Å²) in [6.07, 6.45) is 6.76. The summed E-state index contributed by atoms with van der Waals surface area (Å²) < 4.78 is 0. The highest BCUT2D eigenvalue weighted by atomic mass is 79.9. The van der Waals surface area contributed by atoms with Gasteiger partial charge in [0.25, 0.3) is 0 Å². The monoisotopic (exact) mass is 303 g/mol. The molecule has 1 saturated carbocycles. The summed E-state index contributed by atoms with van der Waals surface area (Å²) in [4.78, 5) is 14.6. The average Bonchev–Trinajstić information content (AvgIpc) is 2.73. The SMILES string of the molecule is CC(C)CC1(C(=O)N(C)CCCBr)CCCC1. The van der Waals surface area contributed by atoms with Crippen LogP contribution in [-0.4, -0.2) is 29.7 Å². The molecule has 17 heavy (non-hydrogen) atoms. The van der Waals surface area contributed by atoms with Gasteiger partial charge < -0.3 is 4.90 Å². The molecule has 0 aromatic rings. The van der Waals surface area contributed by atoms with Gasteiger partial charge in [0.1, 0.15) is 0 Å². The zero-order valence-electron chi connectivity index (χ0n) is 11.5. The Morgan fingerprint density at radius 1 is 1.35 bits per heavy atom. The lowest BCUT2D eigenvalue weighted by atomic mass is 9.77. The molecular formula is C14H26BrNO. The highest BCUT2D eigenvalue weighted by molar-refractivity contribution is 9.09. The Kier molecular flexibility index (Phi) is 5.98. The summed E-state index contributed by atoms with van der Waals surface area (Å²) in [6.45, 7) is 5.33. The van der Waals surface area contributed by atoms with Crippen LogP contribution in [0, 0.1) is 11.3 Å². The zero-order chi connectivity index (χ0) is 12.9. The molecular weight excluding hydrogens is 278 g/mol. The van der Waals surface area contributed by atoms with Crippen LogP contribution in [0.25, 0.3) is 0 Å². The van der Waals surface area contributed by atoms with E-state index in [1.165, 1.54) is 12.8 Å². The Hall–Kier alpha value is -0.0500. The molecule has 0 aromatic carbocycles. The fourth-order valence-electron chi connectivity index (χ4n) is 3.14. The number of carbonyl (C=O) groups excluding carboxylic acids is 1. The predicted octanol–water partition coefficient (Wildman–Crippen LogP) is 3.84. The number of halogens is 1. The Morgan fingerprint density at radius 2 is 1.94 bits per heavy atom. The van der Waals surface area contributed by atoms with Crippen LogP contribution in [0.1, 0.15) is 52.4 Å². The standard InChI is InChI=1S/C14H26BrNO/c1-12(2)11-14(7-4-5-8-14)13(17)16(3)10-6-9-15/h12H,4-11H2,1-3H3. The molecule has 0 aromatic heterocycles. The minimum Gasteiger partial charge on any atom is -0.345 e. The Morgan fingerprint density at radius 3 is 2.41 bits per heavy atom. The van der Waals surface area contributed by atoms with E-state index in [1.54, 1.807) is 0 Å². The van der Waals surface area contributed by atoms with Gasteiger partial charge in [0.05, 0.1) is 0 Å². The maximum atomic E-state index is 12.6. The van der Waals surface area contributed by atoms with Gasteiger partial charge >= 0.3 is 0 Å². The summed E-state index contributed by atoms with van der Waals surface area (Å²) in [5.41, 5.74) is -0.0325. The van der Waals surface area contributed by atoms with Gasteiger partial charge in [0, 0.05) is 24.3 Å². The van der Waals surface area contributed by atoms with Crippen molar-refractivity contribution in [3.05, 3.63) is 0 Å². The molecule has 0 bridgehead atoms. The van der Waals surface area contributed by atoms with E-state index in [9.17, 15) is 4.79 Å². The lowest BCUT2D eigenvalue weighted by molar-refractivity contribution is -0.141. The number of carbonyl (C=O) groups is 1. The molecule has 1 aliphatic rings. The quantitative estimate of drug-likeness (QED) is 0.683. The molecule has 0 spiro atoms. The third-order valence-corrected chi connectivity index (χ3v) is 4.35. The van der Waals surface area contributed by atoms with Crippen LogP contribution in [0.15, 0.2) is 0 Å². The van der Waals surface area contributed by atoms with Crippen LogP contribution < -0.4 is 0 Å². The van der Waals surface area contributed by atoms with Gasteiger partial charge in [-0.15, -0.1) is 0 Å². The molecule has 0 saturated heterocycles. The average molecular weight is 304 g/mol. The zero-order valence-corrected chi connectivity index (χ0v) is 13.1. The van der Waals surface area contributed by atoms with Crippen molar-refractivity contribution in [1.29, 1.82) is 0 Å². The van der Waals surface area contributed by atoms with Crippen molar-refractivity contribution in [1.82, 2.24) is 4.90 Å². The Labute approximate surface area is 114 Å². The summed E-state index contributed by atoms with van der Waals surface area (Å²) >= 11 is 3.43. The summed E-state index contributed by atoms with van der Waals surface area (Å²) in [6, 6.07) is 0. The third-order valence-electron chi connectivity index (χ3n) is 3.79.